The number of pyridine rings is 1. The molecule has 4 heteroatoms. The van der Waals surface area contributed by atoms with Gasteiger partial charge in [-0.15, -0.1) is 0 Å². The van der Waals surface area contributed by atoms with E-state index in [1.54, 1.807) is 0 Å². The highest BCUT2D eigenvalue weighted by Gasteiger charge is 2.17. The van der Waals surface area contributed by atoms with Crippen molar-refractivity contribution in [1.29, 1.82) is 0 Å². The second-order valence-corrected chi connectivity index (χ2v) is 8.68. The summed E-state index contributed by atoms with van der Waals surface area (Å²) in [4.78, 5) is 12.6. The van der Waals surface area contributed by atoms with E-state index in [4.69, 9.17) is 0 Å². The van der Waals surface area contributed by atoms with Gasteiger partial charge >= 0.3 is 0 Å². The predicted octanol–water partition coefficient (Wildman–Crippen LogP) is 6.31. The molecule has 144 valence electrons. The number of aromatic amines is 1. The summed E-state index contributed by atoms with van der Waals surface area (Å²) in [6.45, 7) is 8.71. The molecule has 0 saturated heterocycles. The van der Waals surface area contributed by atoms with Crippen LogP contribution < -0.4 is 0 Å². The van der Waals surface area contributed by atoms with Gasteiger partial charge in [-0.3, -0.25) is 0 Å². The van der Waals surface area contributed by atoms with Gasteiger partial charge in [-0.2, -0.15) is 0 Å². The highest BCUT2D eigenvalue weighted by atomic mass is 15.1. The van der Waals surface area contributed by atoms with Crippen molar-refractivity contribution in [2.45, 2.75) is 33.2 Å². The predicted molar refractivity (Wildman–Crippen MR) is 120 cm³/mol. The van der Waals surface area contributed by atoms with Crippen LogP contribution in [0.25, 0.3) is 44.3 Å². The fourth-order valence-corrected chi connectivity index (χ4v) is 3.93. The standard InChI is InChI=1S/C25H24N4/c1-16-6-5-7-17(10-16)19-11-20-21(14-27-24(20)26-13-19)18-8-9-22-23(12-18)29(15-28-22)25(2,3)4/h5-15H,1-4H3,(H,26,27). The smallest absolute Gasteiger partial charge is 0.137 e. The third kappa shape index (κ3) is 3.01. The van der Waals surface area contributed by atoms with Gasteiger partial charge in [-0.25, -0.2) is 9.97 Å². The molecule has 0 unspecified atom stereocenters. The maximum atomic E-state index is 4.67. The minimum absolute atomic E-state index is 0.0204. The van der Waals surface area contributed by atoms with E-state index in [1.807, 2.05) is 12.5 Å². The summed E-state index contributed by atoms with van der Waals surface area (Å²) in [5.74, 6) is 0. The van der Waals surface area contributed by atoms with Crippen LogP contribution in [0.3, 0.4) is 0 Å². The zero-order valence-corrected chi connectivity index (χ0v) is 17.2. The van der Waals surface area contributed by atoms with Crippen LogP contribution in [0.1, 0.15) is 26.3 Å². The molecule has 5 rings (SSSR count). The Labute approximate surface area is 170 Å². The van der Waals surface area contributed by atoms with E-state index < -0.39 is 0 Å². The number of aromatic nitrogens is 4. The molecule has 0 atom stereocenters. The molecule has 3 aromatic heterocycles. The molecule has 0 fully saturated rings. The van der Waals surface area contributed by atoms with Crippen molar-refractivity contribution in [3.8, 4) is 22.3 Å². The molecule has 3 heterocycles. The minimum Gasteiger partial charge on any atom is -0.346 e. The van der Waals surface area contributed by atoms with Crippen LogP contribution in [-0.2, 0) is 5.54 Å². The topological polar surface area (TPSA) is 46.5 Å². The number of rotatable bonds is 2. The van der Waals surface area contributed by atoms with E-state index in [0.717, 1.165) is 38.8 Å². The van der Waals surface area contributed by atoms with Gasteiger partial charge in [0.15, 0.2) is 0 Å². The fourth-order valence-electron chi connectivity index (χ4n) is 3.93. The molecule has 0 aliphatic carbocycles. The largest absolute Gasteiger partial charge is 0.346 e. The van der Waals surface area contributed by atoms with Crippen molar-refractivity contribution in [3.05, 3.63) is 72.8 Å². The van der Waals surface area contributed by atoms with Gasteiger partial charge in [0.05, 0.1) is 17.4 Å². The van der Waals surface area contributed by atoms with E-state index >= 15 is 0 Å². The Bertz CT molecular complexity index is 1350. The second kappa shape index (κ2) is 6.31. The van der Waals surface area contributed by atoms with E-state index in [0.29, 0.717) is 0 Å². The maximum Gasteiger partial charge on any atom is 0.137 e. The zero-order valence-electron chi connectivity index (χ0n) is 17.2. The number of benzene rings is 2. The molecule has 0 spiro atoms. The van der Waals surface area contributed by atoms with E-state index in [9.17, 15) is 0 Å². The Hall–Kier alpha value is -3.40. The second-order valence-electron chi connectivity index (χ2n) is 8.68. The van der Waals surface area contributed by atoms with Crippen LogP contribution in [0.15, 0.2) is 67.3 Å². The minimum atomic E-state index is -0.0204. The lowest BCUT2D eigenvalue weighted by molar-refractivity contribution is 0.408. The molecule has 1 N–H and O–H groups in total. The van der Waals surface area contributed by atoms with Crippen molar-refractivity contribution >= 4 is 22.1 Å². The van der Waals surface area contributed by atoms with Crippen molar-refractivity contribution in [3.63, 3.8) is 0 Å². The van der Waals surface area contributed by atoms with Crippen LogP contribution in [0.2, 0.25) is 0 Å². The van der Waals surface area contributed by atoms with Gasteiger partial charge in [0.1, 0.15) is 5.65 Å². The molecule has 4 nitrogen and oxygen atoms in total. The monoisotopic (exact) mass is 380 g/mol. The Morgan fingerprint density at radius 1 is 0.897 bits per heavy atom. The molecule has 0 amide bonds. The number of hydrogen-bond acceptors (Lipinski definition) is 2. The number of fused-ring (bicyclic) bond motifs is 2. The summed E-state index contributed by atoms with van der Waals surface area (Å²) in [6, 6.07) is 17.2. The lowest BCUT2D eigenvalue weighted by Crippen LogP contribution is -2.20. The van der Waals surface area contributed by atoms with Gasteiger partial charge in [-0.05, 0) is 57.0 Å². The van der Waals surface area contributed by atoms with Crippen molar-refractivity contribution < 1.29 is 0 Å². The third-order valence-corrected chi connectivity index (χ3v) is 5.46. The number of nitrogens with zero attached hydrogens (tertiary/aromatic N) is 3. The van der Waals surface area contributed by atoms with Crippen LogP contribution in [-0.4, -0.2) is 19.5 Å². The van der Waals surface area contributed by atoms with E-state index in [-0.39, 0.29) is 5.54 Å². The molecule has 5 aromatic rings. The Morgan fingerprint density at radius 2 is 1.76 bits per heavy atom. The molecule has 0 aliphatic rings. The molecule has 0 aliphatic heterocycles. The first kappa shape index (κ1) is 17.7. The first-order chi connectivity index (χ1) is 13.9. The van der Waals surface area contributed by atoms with Crippen molar-refractivity contribution in [1.82, 2.24) is 19.5 Å². The summed E-state index contributed by atoms with van der Waals surface area (Å²) in [7, 11) is 0. The lowest BCUT2D eigenvalue weighted by Gasteiger charge is -2.21. The first-order valence-electron chi connectivity index (χ1n) is 9.92. The normalized spacial score (nSPS) is 12.1. The van der Waals surface area contributed by atoms with Gasteiger partial charge in [0, 0.05) is 34.4 Å². The first-order valence-corrected chi connectivity index (χ1v) is 9.92. The molecule has 2 aromatic carbocycles. The lowest BCUT2D eigenvalue weighted by atomic mass is 10.0. The molecular weight excluding hydrogens is 356 g/mol. The molecule has 0 bridgehead atoms. The van der Waals surface area contributed by atoms with Gasteiger partial charge in [0.2, 0.25) is 0 Å². The maximum absolute atomic E-state index is 4.67. The van der Waals surface area contributed by atoms with Gasteiger partial charge < -0.3 is 9.55 Å². The Balaban J connectivity index is 1.68. The number of nitrogens with one attached hydrogen (secondary N) is 1. The Morgan fingerprint density at radius 3 is 2.55 bits per heavy atom. The van der Waals surface area contributed by atoms with Crippen LogP contribution in [0, 0.1) is 6.92 Å². The highest BCUT2D eigenvalue weighted by molar-refractivity contribution is 5.97. The molecule has 29 heavy (non-hydrogen) atoms. The van der Waals surface area contributed by atoms with Crippen LogP contribution >= 0.6 is 0 Å². The fraction of sp³-hybridized carbons (Fsp3) is 0.200. The number of aryl methyl sites for hydroxylation is 1. The number of imidazole rings is 1. The van der Waals surface area contributed by atoms with E-state index in [1.165, 1.54) is 11.1 Å². The van der Waals surface area contributed by atoms with Crippen molar-refractivity contribution in [2.24, 2.45) is 0 Å². The zero-order chi connectivity index (χ0) is 20.2. The van der Waals surface area contributed by atoms with Gasteiger partial charge in [-0.1, -0.05) is 35.9 Å². The van der Waals surface area contributed by atoms with Crippen molar-refractivity contribution in [2.75, 3.05) is 0 Å². The van der Waals surface area contributed by atoms with Crippen LogP contribution in [0.5, 0.6) is 0 Å². The molecule has 0 radical (unpaired) electrons. The molecular formula is C25H24N4. The van der Waals surface area contributed by atoms with Gasteiger partial charge in [0.25, 0.3) is 0 Å². The summed E-state index contributed by atoms with van der Waals surface area (Å²) in [6.07, 6.45) is 5.92. The number of H-pyrrole nitrogens is 1. The highest BCUT2D eigenvalue weighted by Crippen LogP contribution is 2.33. The van der Waals surface area contributed by atoms with Crippen LogP contribution in [0.4, 0.5) is 0 Å². The number of hydrogen-bond donors (Lipinski definition) is 1. The summed E-state index contributed by atoms with van der Waals surface area (Å²) >= 11 is 0. The summed E-state index contributed by atoms with van der Waals surface area (Å²) < 4.78 is 2.23. The summed E-state index contributed by atoms with van der Waals surface area (Å²) in [5.41, 5.74) is 8.93. The average Bonchev–Trinajstić information content (AvgIpc) is 3.30. The average molecular weight is 380 g/mol. The molecule has 0 saturated carbocycles. The quantitative estimate of drug-likeness (QED) is 0.390. The SMILES string of the molecule is Cc1cccc(-c2cnc3[nH]cc(-c4ccc5ncn(C(C)(C)C)c5c4)c3c2)c1. The third-order valence-electron chi connectivity index (χ3n) is 5.46. The summed E-state index contributed by atoms with van der Waals surface area (Å²) in [5, 5.41) is 1.13. The Kier molecular flexibility index (Phi) is 3.85. The van der Waals surface area contributed by atoms with E-state index in [2.05, 4.69) is 102 Å².